The van der Waals surface area contributed by atoms with E-state index < -0.39 is 0 Å². The number of rotatable bonds is 3. The summed E-state index contributed by atoms with van der Waals surface area (Å²) < 4.78 is 0. The van der Waals surface area contributed by atoms with E-state index in [0.717, 1.165) is 12.0 Å². The van der Waals surface area contributed by atoms with E-state index in [1.165, 1.54) is 42.9 Å². The van der Waals surface area contributed by atoms with Crippen LogP contribution >= 0.6 is 0 Å². The Morgan fingerprint density at radius 2 is 1.68 bits per heavy atom. The van der Waals surface area contributed by atoms with Gasteiger partial charge in [-0.25, -0.2) is 0 Å². The van der Waals surface area contributed by atoms with Crippen LogP contribution in [0.3, 0.4) is 0 Å². The van der Waals surface area contributed by atoms with E-state index in [-0.39, 0.29) is 6.10 Å². The van der Waals surface area contributed by atoms with E-state index >= 15 is 0 Å². The Morgan fingerprint density at radius 3 is 2.53 bits per heavy atom. The first-order chi connectivity index (χ1) is 9.34. The van der Waals surface area contributed by atoms with Crippen molar-refractivity contribution in [3.05, 3.63) is 48.0 Å². The van der Waals surface area contributed by atoms with Gasteiger partial charge in [-0.3, -0.25) is 0 Å². The minimum Gasteiger partial charge on any atom is -0.388 e. The molecule has 1 atom stereocenters. The zero-order valence-electron chi connectivity index (χ0n) is 11.4. The van der Waals surface area contributed by atoms with Crippen molar-refractivity contribution in [2.24, 2.45) is 5.92 Å². The van der Waals surface area contributed by atoms with Crippen molar-refractivity contribution in [2.75, 3.05) is 0 Å². The smallest absolute Gasteiger partial charge is 0.0798 e. The molecule has 0 radical (unpaired) electrons. The molecule has 0 heterocycles. The predicted octanol–water partition coefficient (Wildman–Crippen LogP) is 4.84. The summed E-state index contributed by atoms with van der Waals surface area (Å²) in [6.45, 7) is 0. The third-order valence-corrected chi connectivity index (χ3v) is 4.46. The number of hydrogen-bond acceptors (Lipinski definition) is 1. The molecule has 1 unspecified atom stereocenters. The topological polar surface area (TPSA) is 20.2 Å². The fourth-order valence-electron chi connectivity index (χ4n) is 3.41. The molecular formula is C18H22O. The van der Waals surface area contributed by atoms with Crippen LogP contribution in [0.2, 0.25) is 0 Å². The quantitative estimate of drug-likeness (QED) is 0.830. The molecule has 1 nitrogen and oxygen atoms in total. The highest BCUT2D eigenvalue weighted by Gasteiger charge is 2.19. The number of aliphatic hydroxyl groups is 1. The van der Waals surface area contributed by atoms with Crippen LogP contribution in [-0.2, 0) is 0 Å². The monoisotopic (exact) mass is 254 g/mol. The molecule has 100 valence electrons. The van der Waals surface area contributed by atoms with Gasteiger partial charge in [0.05, 0.1) is 6.10 Å². The molecule has 1 heteroatoms. The Kier molecular flexibility index (Phi) is 3.84. The van der Waals surface area contributed by atoms with Crippen LogP contribution in [0, 0.1) is 5.92 Å². The highest BCUT2D eigenvalue weighted by atomic mass is 16.3. The summed E-state index contributed by atoms with van der Waals surface area (Å²) in [7, 11) is 0. The first-order valence-corrected chi connectivity index (χ1v) is 7.50. The molecular weight excluding hydrogens is 232 g/mol. The van der Waals surface area contributed by atoms with E-state index in [1.807, 2.05) is 0 Å². The van der Waals surface area contributed by atoms with Gasteiger partial charge in [-0.1, -0.05) is 74.6 Å². The van der Waals surface area contributed by atoms with E-state index in [4.69, 9.17) is 0 Å². The van der Waals surface area contributed by atoms with Gasteiger partial charge in [-0.2, -0.15) is 0 Å². The molecule has 0 aromatic heterocycles. The summed E-state index contributed by atoms with van der Waals surface area (Å²) >= 11 is 0. The van der Waals surface area contributed by atoms with Crippen LogP contribution in [0.5, 0.6) is 0 Å². The molecule has 0 saturated heterocycles. The second kappa shape index (κ2) is 5.75. The van der Waals surface area contributed by atoms with E-state index in [0.29, 0.717) is 5.92 Å². The second-order valence-corrected chi connectivity index (χ2v) is 5.82. The number of fused-ring (bicyclic) bond motifs is 1. The number of hydrogen-bond donors (Lipinski definition) is 1. The summed E-state index contributed by atoms with van der Waals surface area (Å²) in [6, 6.07) is 14.6. The molecule has 0 bridgehead atoms. The second-order valence-electron chi connectivity index (χ2n) is 5.82. The van der Waals surface area contributed by atoms with Crippen LogP contribution < -0.4 is 0 Å². The molecule has 0 aliphatic heterocycles. The van der Waals surface area contributed by atoms with Gasteiger partial charge in [0, 0.05) is 0 Å². The fourth-order valence-corrected chi connectivity index (χ4v) is 3.41. The summed E-state index contributed by atoms with van der Waals surface area (Å²) in [5.41, 5.74) is 1.10. The lowest BCUT2D eigenvalue weighted by atomic mass is 9.83. The van der Waals surface area contributed by atoms with Gasteiger partial charge >= 0.3 is 0 Å². The highest BCUT2D eigenvalue weighted by Crippen LogP contribution is 2.34. The molecule has 1 aliphatic carbocycles. The van der Waals surface area contributed by atoms with Crippen LogP contribution in [0.15, 0.2) is 42.5 Å². The van der Waals surface area contributed by atoms with Gasteiger partial charge in [0.1, 0.15) is 0 Å². The van der Waals surface area contributed by atoms with Crippen molar-refractivity contribution in [1.82, 2.24) is 0 Å². The maximum atomic E-state index is 10.6. The third-order valence-electron chi connectivity index (χ3n) is 4.46. The molecule has 0 spiro atoms. The van der Waals surface area contributed by atoms with Crippen molar-refractivity contribution in [3.63, 3.8) is 0 Å². The lowest BCUT2D eigenvalue weighted by Crippen LogP contribution is -2.11. The molecule has 2 aromatic rings. The Morgan fingerprint density at radius 1 is 0.947 bits per heavy atom. The Hall–Kier alpha value is -1.34. The predicted molar refractivity (Wildman–Crippen MR) is 80.1 cm³/mol. The van der Waals surface area contributed by atoms with Crippen LogP contribution in [0.1, 0.15) is 50.2 Å². The zero-order chi connectivity index (χ0) is 13.1. The summed E-state index contributed by atoms with van der Waals surface area (Å²) in [5.74, 6) is 0.711. The highest BCUT2D eigenvalue weighted by molar-refractivity contribution is 5.85. The van der Waals surface area contributed by atoms with Crippen molar-refractivity contribution < 1.29 is 5.11 Å². The van der Waals surface area contributed by atoms with Gasteiger partial charge in [0.25, 0.3) is 0 Å². The largest absolute Gasteiger partial charge is 0.388 e. The van der Waals surface area contributed by atoms with Gasteiger partial charge in [0.15, 0.2) is 0 Å². The first-order valence-electron chi connectivity index (χ1n) is 7.50. The molecule has 1 aliphatic rings. The lowest BCUT2D eigenvalue weighted by Gasteiger charge is -2.24. The summed E-state index contributed by atoms with van der Waals surface area (Å²) in [5, 5.41) is 13.0. The zero-order valence-corrected chi connectivity index (χ0v) is 11.4. The lowest BCUT2D eigenvalue weighted by molar-refractivity contribution is 0.132. The number of benzene rings is 2. The van der Waals surface area contributed by atoms with Gasteiger partial charge < -0.3 is 5.11 Å². The minimum absolute atomic E-state index is 0.311. The van der Waals surface area contributed by atoms with Gasteiger partial charge in [0.2, 0.25) is 0 Å². The van der Waals surface area contributed by atoms with Crippen molar-refractivity contribution >= 4 is 10.8 Å². The maximum absolute atomic E-state index is 10.6. The fraction of sp³-hybridized carbons (Fsp3) is 0.444. The average molecular weight is 254 g/mol. The Bertz CT molecular complexity index is 535. The molecule has 1 fully saturated rings. The minimum atomic E-state index is -0.311. The van der Waals surface area contributed by atoms with E-state index in [2.05, 4.69) is 42.5 Å². The van der Waals surface area contributed by atoms with E-state index in [9.17, 15) is 5.11 Å². The molecule has 1 saturated carbocycles. The standard InChI is InChI=1S/C18H22O/c19-18(13-14-7-2-1-3-8-14)17-12-6-10-15-9-4-5-11-16(15)17/h4-6,9-12,14,18-19H,1-3,7-8,13H2. The van der Waals surface area contributed by atoms with Crippen molar-refractivity contribution in [1.29, 1.82) is 0 Å². The Balaban J connectivity index is 1.82. The Labute approximate surface area is 115 Å². The van der Waals surface area contributed by atoms with Crippen LogP contribution in [-0.4, -0.2) is 5.11 Å². The van der Waals surface area contributed by atoms with Gasteiger partial charge in [-0.05, 0) is 28.7 Å². The first kappa shape index (κ1) is 12.7. The maximum Gasteiger partial charge on any atom is 0.0798 e. The molecule has 0 amide bonds. The third kappa shape index (κ3) is 2.82. The molecule has 2 aromatic carbocycles. The van der Waals surface area contributed by atoms with Crippen LogP contribution in [0.4, 0.5) is 0 Å². The molecule has 19 heavy (non-hydrogen) atoms. The summed E-state index contributed by atoms with van der Waals surface area (Å²) in [6.07, 6.45) is 7.26. The van der Waals surface area contributed by atoms with Crippen molar-refractivity contribution in [3.8, 4) is 0 Å². The van der Waals surface area contributed by atoms with Crippen LogP contribution in [0.25, 0.3) is 10.8 Å². The normalized spacial score (nSPS) is 18.6. The van der Waals surface area contributed by atoms with E-state index in [1.54, 1.807) is 0 Å². The SMILES string of the molecule is OC(CC1CCCCC1)c1cccc2ccccc12. The van der Waals surface area contributed by atoms with Crippen molar-refractivity contribution in [2.45, 2.75) is 44.6 Å². The molecule has 1 N–H and O–H groups in total. The molecule has 3 rings (SSSR count). The summed E-state index contributed by atoms with van der Waals surface area (Å²) in [4.78, 5) is 0. The van der Waals surface area contributed by atoms with Gasteiger partial charge in [-0.15, -0.1) is 0 Å². The average Bonchev–Trinajstić information content (AvgIpc) is 2.47. The number of aliphatic hydroxyl groups excluding tert-OH is 1.